The average molecular weight is 260 g/mol. The summed E-state index contributed by atoms with van der Waals surface area (Å²) in [7, 11) is 1.57. The highest BCUT2D eigenvalue weighted by molar-refractivity contribution is 5.45. The van der Waals surface area contributed by atoms with E-state index in [2.05, 4.69) is 11.4 Å². The van der Waals surface area contributed by atoms with Crippen molar-refractivity contribution in [2.75, 3.05) is 7.11 Å². The van der Waals surface area contributed by atoms with Gasteiger partial charge in [0.15, 0.2) is 0 Å². The Morgan fingerprint density at radius 3 is 3.00 bits per heavy atom. The molecule has 0 heterocycles. The number of hydrogen-bond donors (Lipinski definition) is 2. The molecule has 1 fully saturated rings. The summed E-state index contributed by atoms with van der Waals surface area (Å²) in [5, 5.41) is 22.1. The lowest BCUT2D eigenvalue weighted by Crippen LogP contribution is -2.35. The third-order valence-corrected chi connectivity index (χ3v) is 3.63. The van der Waals surface area contributed by atoms with Crippen molar-refractivity contribution in [3.8, 4) is 11.8 Å². The Kier molecular flexibility index (Phi) is 4.78. The maximum absolute atomic E-state index is 9.63. The van der Waals surface area contributed by atoms with E-state index in [1.54, 1.807) is 7.11 Å². The first-order chi connectivity index (χ1) is 9.22. The van der Waals surface area contributed by atoms with Crippen molar-refractivity contribution in [2.45, 2.75) is 44.4 Å². The van der Waals surface area contributed by atoms with Crippen LogP contribution in [0.15, 0.2) is 18.2 Å². The minimum absolute atomic E-state index is 0.170. The summed E-state index contributed by atoms with van der Waals surface area (Å²) in [6, 6.07) is 8.15. The molecule has 1 aromatic carbocycles. The van der Waals surface area contributed by atoms with Gasteiger partial charge in [-0.2, -0.15) is 5.26 Å². The molecule has 102 valence electrons. The van der Waals surface area contributed by atoms with Crippen LogP contribution >= 0.6 is 0 Å². The largest absolute Gasteiger partial charge is 0.495 e. The number of nitriles is 1. The summed E-state index contributed by atoms with van der Waals surface area (Å²) in [6.45, 7) is 0.718. The third kappa shape index (κ3) is 3.69. The number of rotatable bonds is 4. The second kappa shape index (κ2) is 6.55. The lowest BCUT2D eigenvalue weighted by atomic mass is 9.93. The van der Waals surface area contributed by atoms with E-state index in [1.807, 2.05) is 18.2 Å². The van der Waals surface area contributed by atoms with Gasteiger partial charge in [-0.15, -0.1) is 0 Å². The fourth-order valence-electron chi connectivity index (χ4n) is 2.56. The van der Waals surface area contributed by atoms with Gasteiger partial charge in [0.25, 0.3) is 0 Å². The highest BCUT2D eigenvalue weighted by Gasteiger charge is 2.19. The van der Waals surface area contributed by atoms with Gasteiger partial charge in [0.2, 0.25) is 0 Å². The molecule has 2 atom stereocenters. The molecule has 1 saturated carbocycles. The van der Waals surface area contributed by atoms with Gasteiger partial charge in [0.1, 0.15) is 11.8 Å². The number of aliphatic hydroxyl groups is 1. The quantitative estimate of drug-likeness (QED) is 0.868. The summed E-state index contributed by atoms with van der Waals surface area (Å²) in [5.74, 6) is 0.610. The van der Waals surface area contributed by atoms with Gasteiger partial charge in [-0.25, -0.2) is 0 Å². The zero-order valence-electron chi connectivity index (χ0n) is 11.2. The Morgan fingerprint density at radius 1 is 1.47 bits per heavy atom. The minimum atomic E-state index is -0.170. The highest BCUT2D eigenvalue weighted by atomic mass is 16.5. The molecule has 2 rings (SSSR count). The van der Waals surface area contributed by atoms with E-state index < -0.39 is 0 Å². The highest BCUT2D eigenvalue weighted by Crippen LogP contribution is 2.21. The van der Waals surface area contributed by atoms with Gasteiger partial charge in [-0.3, -0.25) is 0 Å². The standard InChI is InChI=1S/C15H20N2O2/c1-19-15-6-5-11(7-12(15)9-16)10-17-13-3-2-4-14(18)8-13/h5-7,13-14,17-18H,2-4,8,10H2,1H3. The monoisotopic (exact) mass is 260 g/mol. The summed E-state index contributed by atoms with van der Waals surface area (Å²) in [4.78, 5) is 0. The average Bonchev–Trinajstić information content (AvgIpc) is 2.45. The van der Waals surface area contributed by atoms with Gasteiger partial charge < -0.3 is 15.2 Å². The summed E-state index contributed by atoms with van der Waals surface area (Å²) in [5.41, 5.74) is 1.63. The predicted molar refractivity (Wildman–Crippen MR) is 72.8 cm³/mol. The molecule has 0 aliphatic heterocycles. The molecule has 0 saturated heterocycles. The smallest absolute Gasteiger partial charge is 0.136 e. The Balaban J connectivity index is 1.94. The zero-order chi connectivity index (χ0) is 13.7. The van der Waals surface area contributed by atoms with E-state index in [-0.39, 0.29) is 6.10 Å². The molecule has 0 radical (unpaired) electrons. The van der Waals surface area contributed by atoms with Crippen LogP contribution in [-0.4, -0.2) is 24.4 Å². The topological polar surface area (TPSA) is 65.3 Å². The maximum atomic E-state index is 9.63. The number of methoxy groups -OCH3 is 1. The Morgan fingerprint density at radius 2 is 2.32 bits per heavy atom. The molecular weight excluding hydrogens is 240 g/mol. The van der Waals surface area contributed by atoms with Crippen LogP contribution in [0.2, 0.25) is 0 Å². The fourth-order valence-corrected chi connectivity index (χ4v) is 2.56. The maximum Gasteiger partial charge on any atom is 0.136 e. The van der Waals surface area contributed by atoms with Crippen molar-refractivity contribution in [2.24, 2.45) is 0 Å². The van der Waals surface area contributed by atoms with Crippen LogP contribution in [0.1, 0.15) is 36.8 Å². The SMILES string of the molecule is COc1ccc(CNC2CCCC(O)C2)cc1C#N. The summed E-state index contributed by atoms with van der Waals surface area (Å²) in [6.07, 6.45) is 3.75. The molecule has 1 aromatic rings. The number of hydrogen-bond acceptors (Lipinski definition) is 4. The molecule has 2 N–H and O–H groups in total. The number of nitrogens with zero attached hydrogens (tertiary/aromatic N) is 1. The van der Waals surface area contributed by atoms with E-state index in [9.17, 15) is 5.11 Å². The number of aliphatic hydroxyl groups excluding tert-OH is 1. The summed E-state index contributed by atoms with van der Waals surface area (Å²) >= 11 is 0. The van der Waals surface area contributed by atoms with E-state index >= 15 is 0 Å². The fraction of sp³-hybridized carbons (Fsp3) is 0.533. The van der Waals surface area contributed by atoms with Gasteiger partial charge in [0.05, 0.1) is 18.8 Å². The Hall–Kier alpha value is -1.57. The van der Waals surface area contributed by atoms with Crippen LogP contribution < -0.4 is 10.1 Å². The number of benzene rings is 1. The molecule has 0 bridgehead atoms. The van der Waals surface area contributed by atoms with Crippen LogP contribution in [0.4, 0.5) is 0 Å². The Bertz CT molecular complexity index is 468. The van der Waals surface area contributed by atoms with Crippen molar-refractivity contribution < 1.29 is 9.84 Å². The molecule has 4 heteroatoms. The van der Waals surface area contributed by atoms with Crippen LogP contribution in [0.3, 0.4) is 0 Å². The van der Waals surface area contributed by atoms with E-state index in [0.717, 1.165) is 37.8 Å². The lowest BCUT2D eigenvalue weighted by Gasteiger charge is -2.26. The first-order valence-electron chi connectivity index (χ1n) is 6.71. The van der Waals surface area contributed by atoms with Crippen LogP contribution in [0.5, 0.6) is 5.75 Å². The van der Waals surface area contributed by atoms with E-state index in [4.69, 9.17) is 10.00 Å². The molecule has 1 aliphatic carbocycles. The van der Waals surface area contributed by atoms with Gasteiger partial charge >= 0.3 is 0 Å². The van der Waals surface area contributed by atoms with Crippen molar-refractivity contribution >= 4 is 0 Å². The predicted octanol–water partition coefficient (Wildman–Crippen LogP) is 1.96. The van der Waals surface area contributed by atoms with Crippen molar-refractivity contribution in [3.63, 3.8) is 0 Å². The second-order valence-corrected chi connectivity index (χ2v) is 5.04. The van der Waals surface area contributed by atoms with E-state index in [0.29, 0.717) is 17.4 Å². The first kappa shape index (κ1) is 13.9. The van der Waals surface area contributed by atoms with Gasteiger partial charge in [-0.1, -0.05) is 6.07 Å². The van der Waals surface area contributed by atoms with Crippen LogP contribution in [0.25, 0.3) is 0 Å². The minimum Gasteiger partial charge on any atom is -0.495 e. The van der Waals surface area contributed by atoms with Crippen LogP contribution in [-0.2, 0) is 6.54 Å². The van der Waals surface area contributed by atoms with Crippen molar-refractivity contribution in [1.29, 1.82) is 5.26 Å². The van der Waals surface area contributed by atoms with Crippen molar-refractivity contribution in [3.05, 3.63) is 29.3 Å². The number of nitrogens with one attached hydrogen (secondary N) is 1. The molecule has 19 heavy (non-hydrogen) atoms. The molecule has 4 nitrogen and oxygen atoms in total. The second-order valence-electron chi connectivity index (χ2n) is 5.04. The molecule has 1 aliphatic rings. The molecule has 0 amide bonds. The lowest BCUT2D eigenvalue weighted by molar-refractivity contribution is 0.111. The molecule has 0 spiro atoms. The normalized spacial score (nSPS) is 22.8. The van der Waals surface area contributed by atoms with Crippen LogP contribution in [0, 0.1) is 11.3 Å². The van der Waals surface area contributed by atoms with E-state index in [1.165, 1.54) is 0 Å². The van der Waals surface area contributed by atoms with Gasteiger partial charge in [-0.05, 0) is 43.4 Å². The molecule has 0 aromatic heterocycles. The molecule has 2 unspecified atom stereocenters. The third-order valence-electron chi connectivity index (χ3n) is 3.63. The number of ether oxygens (including phenoxy) is 1. The van der Waals surface area contributed by atoms with Gasteiger partial charge in [0, 0.05) is 12.6 Å². The summed E-state index contributed by atoms with van der Waals surface area (Å²) < 4.78 is 5.12. The Labute approximate surface area is 114 Å². The first-order valence-corrected chi connectivity index (χ1v) is 6.71. The molecular formula is C15H20N2O2. The zero-order valence-corrected chi connectivity index (χ0v) is 11.2. The van der Waals surface area contributed by atoms with Crippen molar-refractivity contribution in [1.82, 2.24) is 5.32 Å².